The third kappa shape index (κ3) is 9.94. The number of hydrogen-bond acceptors (Lipinski definition) is 3. The van der Waals surface area contributed by atoms with E-state index < -0.39 is 0 Å². The van der Waals surface area contributed by atoms with Gasteiger partial charge in [0.05, 0.1) is 6.61 Å². The minimum absolute atomic E-state index is 0.180. The van der Waals surface area contributed by atoms with Crippen LogP contribution in [0.1, 0.15) is 60.5 Å². The largest absolute Gasteiger partial charge is 0.494 e. The van der Waals surface area contributed by atoms with Crippen LogP contribution in [0, 0.1) is 5.41 Å². The van der Waals surface area contributed by atoms with Crippen LogP contribution < -0.4 is 10.1 Å². The first-order valence-corrected chi connectivity index (χ1v) is 9.28. The van der Waals surface area contributed by atoms with E-state index in [4.69, 9.17) is 4.74 Å². The van der Waals surface area contributed by atoms with E-state index in [-0.39, 0.29) is 5.54 Å². The van der Waals surface area contributed by atoms with E-state index >= 15 is 0 Å². The van der Waals surface area contributed by atoms with Crippen molar-refractivity contribution in [2.24, 2.45) is 5.41 Å². The summed E-state index contributed by atoms with van der Waals surface area (Å²) in [5.41, 5.74) is 1.86. The van der Waals surface area contributed by atoms with Gasteiger partial charge < -0.3 is 10.1 Å². The average Bonchev–Trinajstić information content (AvgIpc) is 2.45. The second kappa shape index (κ2) is 9.43. The molecule has 0 aromatic heterocycles. The molecule has 24 heavy (non-hydrogen) atoms. The number of nitrogens with zero attached hydrogens (tertiary/aromatic N) is 1. The summed E-state index contributed by atoms with van der Waals surface area (Å²) in [6.07, 6.45) is 1.02. The molecule has 0 fully saturated rings. The molecule has 3 heteroatoms. The molecule has 0 heterocycles. The van der Waals surface area contributed by atoms with Gasteiger partial charge in [0, 0.05) is 18.6 Å². The molecule has 0 aliphatic heterocycles. The van der Waals surface area contributed by atoms with Crippen LogP contribution in [0.5, 0.6) is 5.75 Å². The van der Waals surface area contributed by atoms with Crippen LogP contribution in [0.25, 0.3) is 0 Å². The Morgan fingerprint density at radius 2 is 1.62 bits per heavy atom. The minimum Gasteiger partial charge on any atom is -0.494 e. The summed E-state index contributed by atoms with van der Waals surface area (Å²) in [6, 6.07) is 8.57. The van der Waals surface area contributed by atoms with Crippen molar-refractivity contribution in [1.29, 1.82) is 0 Å². The minimum atomic E-state index is 0.180. The number of hydrogen-bond donors (Lipinski definition) is 1. The highest BCUT2D eigenvalue weighted by molar-refractivity contribution is 5.27. The SMILES string of the molecule is CCN(Cc1ccc(OCCCNC(C)(C)C)cc1)CC(C)(C)C. The molecule has 0 spiro atoms. The van der Waals surface area contributed by atoms with Gasteiger partial charge in [0.15, 0.2) is 0 Å². The summed E-state index contributed by atoms with van der Waals surface area (Å²) in [5, 5.41) is 3.48. The fourth-order valence-corrected chi connectivity index (χ4v) is 2.63. The Morgan fingerprint density at radius 3 is 2.12 bits per heavy atom. The number of rotatable bonds is 9. The second-order valence-electron chi connectivity index (χ2n) is 8.89. The molecule has 0 unspecified atom stereocenters. The highest BCUT2D eigenvalue weighted by Gasteiger charge is 2.15. The predicted molar refractivity (Wildman–Crippen MR) is 105 cm³/mol. The molecule has 138 valence electrons. The van der Waals surface area contributed by atoms with Crippen molar-refractivity contribution in [2.75, 3.05) is 26.2 Å². The molecule has 0 saturated carbocycles. The van der Waals surface area contributed by atoms with Crippen LogP contribution in [0.2, 0.25) is 0 Å². The molecule has 0 atom stereocenters. The Kier molecular flexibility index (Phi) is 8.24. The van der Waals surface area contributed by atoms with Gasteiger partial charge in [-0.05, 0) is 63.4 Å². The summed E-state index contributed by atoms with van der Waals surface area (Å²) in [4.78, 5) is 2.49. The summed E-state index contributed by atoms with van der Waals surface area (Å²) < 4.78 is 5.83. The maximum Gasteiger partial charge on any atom is 0.119 e. The van der Waals surface area contributed by atoms with Gasteiger partial charge in [-0.2, -0.15) is 0 Å². The maximum atomic E-state index is 5.83. The van der Waals surface area contributed by atoms with Crippen molar-refractivity contribution in [3.8, 4) is 5.75 Å². The van der Waals surface area contributed by atoms with Crippen molar-refractivity contribution in [3.63, 3.8) is 0 Å². The van der Waals surface area contributed by atoms with Gasteiger partial charge in [0.1, 0.15) is 5.75 Å². The van der Waals surface area contributed by atoms with E-state index in [0.29, 0.717) is 5.41 Å². The third-order valence-corrected chi connectivity index (χ3v) is 3.72. The van der Waals surface area contributed by atoms with Crippen molar-refractivity contribution < 1.29 is 4.74 Å². The van der Waals surface area contributed by atoms with E-state index in [0.717, 1.165) is 45.0 Å². The average molecular weight is 335 g/mol. The highest BCUT2D eigenvalue weighted by atomic mass is 16.5. The van der Waals surface area contributed by atoms with Crippen LogP contribution in [-0.2, 0) is 6.54 Å². The molecule has 0 radical (unpaired) electrons. The van der Waals surface area contributed by atoms with Gasteiger partial charge in [-0.1, -0.05) is 39.8 Å². The van der Waals surface area contributed by atoms with Crippen LogP contribution >= 0.6 is 0 Å². The fourth-order valence-electron chi connectivity index (χ4n) is 2.63. The molecule has 0 saturated heterocycles. The lowest BCUT2D eigenvalue weighted by molar-refractivity contribution is 0.192. The topological polar surface area (TPSA) is 24.5 Å². The molecule has 1 N–H and O–H groups in total. The molecule has 1 aromatic rings. The smallest absolute Gasteiger partial charge is 0.119 e. The van der Waals surface area contributed by atoms with E-state index in [1.54, 1.807) is 0 Å². The Hall–Kier alpha value is -1.06. The second-order valence-corrected chi connectivity index (χ2v) is 8.89. The van der Waals surface area contributed by atoms with Gasteiger partial charge in [-0.25, -0.2) is 0 Å². The van der Waals surface area contributed by atoms with Gasteiger partial charge in [0.25, 0.3) is 0 Å². The lowest BCUT2D eigenvalue weighted by Gasteiger charge is -2.29. The first kappa shape index (κ1) is 21.0. The third-order valence-electron chi connectivity index (χ3n) is 3.72. The summed E-state index contributed by atoms with van der Waals surface area (Å²) in [6.45, 7) is 20.6. The zero-order valence-corrected chi connectivity index (χ0v) is 16.9. The van der Waals surface area contributed by atoms with E-state index in [1.165, 1.54) is 5.56 Å². The molecule has 0 amide bonds. The quantitative estimate of drug-likeness (QED) is 0.662. The summed E-state index contributed by atoms with van der Waals surface area (Å²) in [7, 11) is 0. The predicted octanol–water partition coefficient (Wildman–Crippen LogP) is 4.71. The molecule has 3 nitrogen and oxygen atoms in total. The van der Waals surface area contributed by atoms with Crippen LogP contribution in [0.4, 0.5) is 0 Å². The van der Waals surface area contributed by atoms with Gasteiger partial charge in [-0.3, -0.25) is 4.90 Å². The number of ether oxygens (including phenoxy) is 1. The van der Waals surface area contributed by atoms with Crippen molar-refractivity contribution in [2.45, 2.75) is 67.0 Å². The Labute approximate surface area is 149 Å². The standard InChI is InChI=1S/C21H38N2O/c1-8-23(17-20(2,3)4)16-18-10-12-19(13-11-18)24-15-9-14-22-21(5,6)7/h10-13,22H,8-9,14-17H2,1-7H3. The van der Waals surface area contributed by atoms with Crippen LogP contribution in [-0.4, -0.2) is 36.7 Å². The lowest BCUT2D eigenvalue weighted by atomic mass is 9.96. The van der Waals surface area contributed by atoms with E-state index in [9.17, 15) is 0 Å². The summed E-state index contributed by atoms with van der Waals surface area (Å²) in [5.74, 6) is 0.966. The fraction of sp³-hybridized carbons (Fsp3) is 0.714. The number of nitrogens with one attached hydrogen (secondary N) is 1. The molecule has 1 rings (SSSR count). The van der Waals surface area contributed by atoms with Gasteiger partial charge >= 0.3 is 0 Å². The molecule has 0 bridgehead atoms. The van der Waals surface area contributed by atoms with Crippen molar-refractivity contribution in [3.05, 3.63) is 29.8 Å². The molecular weight excluding hydrogens is 296 g/mol. The zero-order chi connectivity index (χ0) is 18.2. The Balaban J connectivity index is 2.37. The molecule has 1 aromatic carbocycles. The van der Waals surface area contributed by atoms with Crippen LogP contribution in [0.3, 0.4) is 0 Å². The molecular formula is C21H38N2O. The van der Waals surface area contributed by atoms with E-state index in [2.05, 4.69) is 82.9 Å². The maximum absolute atomic E-state index is 5.83. The Morgan fingerprint density at radius 1 is 1.00 bits per heavy atom. The first-order valence-electron chi connectivity index (χ1n) is 9.28. The van der Waals surface area contributed by atoms with Crippen molar-refractivity contribution in [1.82, 2.24) is 10.2 Å². The van der Waals surface area contributed by atoms with Crippen LogP contribution in [0.15, 0.2) is 24.3 Å². The summed E-state index contributed by atoms with van der Waals surface area (Å²) >= 11 is 0. The lowest BCUT2D eigenvalue weighted by Crippen LogP contribution is -2.36. The molecule has 0 aliphatic carbocycles. The van der Waals surface area contributed by atoms with Gasteiger partial charge in [-0.15, -0.1) is 0 Å². The van der Waals surface area contributed by atoms with Gasteiger partial charge in [0.2, 0.25) is 0 Å². The Bertz CT molecular complexity index is 454. The molecule has 0 aliphatic rings. The first-order chi connectivity index (χ1) is 11.1. The highest BCUT2D eigenvalue weighted by Crippen LogP contribution is 2.18. The monoisotopic (exact) mass is 334 g/mol. The van der Waals surface area contributed by atoms with Crippen molar-refractivity contribution >= 4 is 0 Å². The normalized spacial score (nSPS) is 12.7. The zero-order valence-electron chi connectivity index (χ0n) is 16.9. The number of benzene rings is 1. The van der Waals surface area contributed by atoms with E-state index in [1.807, 2.05) is 0 Å².